The molecule has 0 bridgehead atoms. The summed E-state index contributed by atoms with van der Waals surface area (Å²) in [5.41, 5.74) is 1.00. The van der Waals surface area contributed by atoms with Gasteiger partial charge in [0.15, 0.2) is 11.9 Å². The van der Waals surface area contributed by atoms with Gasteiger partial charge >= 0.3 is 5.97 Å². The molecule has 2 rings (SSSR count). The summed E-state index contributed by atoms with van der Waals surface area (Å²) in [5.74, 6) is -0.549. The lowest BCUT2D eigenvalue weighted by Gasteiger charge is -2.18. The van der Waals surface area contributed by atoms with Gasteiger partial charge in [0.2, 0.25) is 0 Å². The molecule has 0 radical (unpaired) electrons. The van der Waals surface area contributed by atoms with Gasteiger partial charge in [-0.2, -0.15) is 0 Å². The first-order chi connectivity index (χ1) is 10.1. The Morgan fingerprint density at radius 1 is 1.33 bits per heavy atom. The number of hydrogen-bond donors (Lipinski definition) is 1. The quantitative estimate of drug-likeness (QED) is 0.882. The zero-order valence-electron chi connectivity index (χ0n) is 12.0. The molecule has 0 aliphatic carbocycles. The largest absolute Gasteiger partial charge is 0.480 e. The molecule has 1 aromatic heterocycles. The highest BCUT2D eigenvalue weighted by molar-refractivity contribution is 5.73. The normalized spacial score (nSPS) is 14.2. The Hall–Kier alpha value is -2.50. The van der Waals surface area contributed by atoms with Crippen molar-refractivity contribution in [2.45, 2.75) is 26.3 Å². The van der Waals surface area contributed by atoms with Gasteiger partial charge in [-0.1, -0.05) is 56.7 Å². The van der Waals surface area contributed by atoms with Crippen molar-refractivity contribution in [3.05, 3.63) is 41.7 Å². The molecule has 0 saturated heterocycles. The van der Waals surface area contributed by atoms with Crippen molar-refractivity contribution in [1.82, 2.24) is 20.2 Å². The first-order valence-corrected chi connectivity index (χ1v) is 6.87. The third kappa shape index (κ3) is 3.53. The van der Waals surface area contributed by atoms with E-state index in [9.17, 15) is 9.90 Å². The number of tetrazole rings is 1. The lowest BCUT2D eigenvalue weighted by Crippen LogP contribution is -2.27. The van der Waals surface area contributed by atoms with Gasteiger partial charge < -0.3 is 5.11 Å². The Morgan fingerprint density at radius 2 is 2.05 bits per heavy atom. The zero-order valence-corrected chi connectivity index (χ0v) is 12.0. The molecule has 1 heterocycles. The van der Waals surface area contributed by atoms with E-state index in [0.29, 0.717) is 5.82 Å². The second-order valence-corrected chi connectivity index (χ2v) is 4.89. The summed E-state index contributed by atoms with van der Waals surface area (Å²) in [6.07, 6.45) is 4.32. The average molecular weight is 286 g/mol. The minimum absolute atomic E-state index is 0.0603. The summed E-state index contributed by atoms with van der Waals surface area (Å²) in [6.45, 7) is 3.83. The van der Waals surface area contributed by atoms with Crippen molar-refractivity contribution in [3.63, 3.8) is 0 Å². The standard InChI is InChI=1S/C15H18N4O2/c1-3-11(2)14(15(20)21)19-13(16-17-18-19)10-9-12-7-5-4-6-8-12/h4-11,14H,3H2,1-2H3,(H,20,21)/b10-9+. The van der Waals surface area contributed by atoms with Crippen molar-refractivity contribution in [2.75, 3.05) is 0 Å². The zero-order chi connectivity index (χ0) is 15.2. The smallest absolute Gasteiger partial charge is 0.328 e. The van der Waals surface area contributed by atoms with E-state index in [0.717, 1.165) is 12.0 Å². The van der Waals surface area contributed by atoms with E-state index in [-0.39, 0.29) is 5.92 Å². The van der Waals surface area contributed by atoms with Gasteiger partial charge in [0.05, 0.1) is 0 Å². The van der Waals surface area contributed by atoms with E-state index in [1.807, 2.05) is 50.3 Å². The highest BCUT2D eigenvalue weighted by Gasteiger charge is 2.28. The second kappa shape index (κ2) is 6.78. The predicted octanol–water partition coefficient (Wildman–Crippen LogP) is 2.52. The summed E-state index contributed by atoms with van der Waals surface area (Å²) < 4.78 is 1.37. The molecule has 6 nitrogen and oxygen atoms in total. The molecule has 0 spiro atoms. The third-order valence-electron chi connectivity index (χ3n) is 3.44. The molecular formula is C15H18N4O2. The van der Waals surface area contributed by atoms with Gasteiger partial charge in [-0.3, -0.25) is 0 Å². The minimum Gasteiger partial charge on any atom is -0.480 e. The number of rotatable bonds is 6. The van der Waals surface area contributed by atoms with Crippen molar-refractivity contribution in [1.29, 1.82) is 0 Å². The number of aromatic nitrogens is 4. The number of benzene rings is 1. The molecule has 0 saturated carbocycles. The lowest BCUT2D eigenvalue weighted by atomic mass is 9.99. The number of carbonyl (C=O) groups is 1. The van der Waals surface area contributed by atoms with Crippen LogP contribution in [0, 0.1) is 5.92 Å². The summed E-state index contributed by atoms with van der Waals surface area (Å²) in [5, 5.41) is 20.8. The van der Waals surface area contributed by atoms with Gasteiger partial charge in [-0.05, 0) is 28.0 Å². The molecule has 2 aromatic rings. The number of hydrogen-bond acceptors (Lipinski definition) is 4. The van der Waals surface area contributed by atoms with Gasteiger partial charge in [-0.15, -0.1) is 5.10 Å². The first-order valence-electron chi connectivity index (χ1n) is 6.87. The van der Waals surface area contributed by atoms with Crippen LogP contribution in [0.3, 0.4) is 0 Å². The summed E-state index contributed by atoms with van der Waals surface area (Å²) in [7, 11) is 0. The van der Waals surface area contributed by atoms with E-state index in [1.54, 1.807) is 6.08 Å². The Balaban J connectivity index is 2.29. The third-order valence-corrected chi connectivity index (χ3v) is 3.44. The van der Waals surface area contributed by atoms with Crippen LogP contribution in [0.25, 0.3) is 12.2 Å². The Labute approximate surface area is 123 Å². The molecule has 2 atom stereocenters. The average Bonchev–Trinajstić information content (AvgIpc) is 2.94. The summed E-state index contributed by atoms with van der Waals surface area (Å²) >= 11 is 0. The molecule has 2 unspecified atom stereocenters. The van der Waals surface area contributed by atoms with E-state index in [2.05, 4.69) is 15.5 Å². The summed E-state index contributed by atoms with van der Waals surface area (Å²) in [4.78, 5) is 11.5. The maximum atomic E-state index is 11.5. The van der Waals surface area contributed by atoms with E-state index in [1.165, 1.54) is 4.68 Å². The second-order valence-electron chi connectivity index (χ2n) is 4.89. The highest BCUT2D eigenvalue weighted by Crippen LogP contribution is 2.22. The number of carboxylic acid groups (broad SMARTS) is 1. The molecular weight excluding hydrogens is 268 g/mol. The molecule has 21 heavy (non-hydrogen) atoms. The monoisotopic (exact) mass is 286 g/mol. The molecule has 0 fully saturated rings. The first kappa shape index (κ1) is 14.9. The molecule has 0 amide bonds. The maximum Gasteiger partial charge on any atom is 0.328 e. The fourth-order valence-electron chi connectivity index (χ4n) is 2.06. The van der Waals surface area contributed by atoms with Crippen LogP contribution in [0.5, 0.6) is 0 Å². The van der Waals surface area contributed by atoms with Crippen LogP contribution in [0.2, 0.25) is 0 Å². The van der Waals surface area contributed by atoms with Gasteiger partial charge in [0.1, 0.15) is 0 Å². The Bertz CT molecular complexity index is 622. The molecule has 0 aliphatic rings. The molecule has 1 aromatic carbocycles. The minimum atomic E-state index is -0.925. The van der Waals surface area contributed by atoms with E-state index in [4.69, 9.17) is 0 Å². The molecule has 1 N–H and O–H groups in total. The molecule has 0 aliphatic heterocycles. The van der Waals surface area contributed by atoms with Crippen LogP contribution in [0.15, 0.2) is 30.3 Å². The van der Waals surface area contributed by atoms with Crippen molar-refractivity contribution < 1.29 is 9.90 Å². The van der Waals surface area contributed by atoms with E-state index >= 15 is 0 Å². The van der Waals surface area contributed by atoms with Crippen molar-refractivity contribution in [3.8, 4) is 0 Å². The number of nitrogens with zero attached hydrogens (tertiary/aromatic N) is 4. The van der Waals surface area contributed by atoms with Crippen molar-refractivity contribution >= 4 is 18.1 Å². The van der Waals surface area contributed by atoms with Gasteiger partial charge in [-0.25, -0.2) is 9.48 Å². The Kier molecular flexibility index (Phi) is 4.81. The van der Waals surface area contributed by atoms with Crippen LogP contribution in [-0.4, -0.2) is 31.3 Å². The van der Waals surface area contributed by atoms with Gasteiger partial charge in [0.25, 0.3) is 0 Å². The highest BCUT2D eigenvalue weighted by atomic mass is 16.4. The van der Waals surface area contributed by atoms with Crippen LogP contribution < -0.4 is 0 Å². The fraction of sp³-hybridized carbons (Fsp3) is 0.333. The van der Waals surface area contributed by atoms with Crippen LogP contribution in [-0.2, 0) is 4.79 Å². The number of carboxylic acids is 1. The molecule has 6 heteroatoms. The summed E-state index contributed by atoms with van der Waals surface area (Å²) in [6, 6.07) is 8.94. The van der Waals surface area contributed by atoms with E-state index < -0.39 is 12.0 Å². The fourth-order valence-corrected chi connectivity index (χ4v) is 2.06. The van der Waals surface area contributed by atoms with Crippen LogP contribution >= 0.6 is 0 Å². The predicted molar refractivity (Wildman–Crippen MR) is 79.3 cm³/mol. The van der Waals surface area contributed by atoms with Gasteiger partial charge in [0, 0.05) is 0 Å². The van der Waals surface area contributed by atoms with Crippen LogP contribution in [0.1, 0.15) is 37.7 Å². The van der Waals surface area contributed by atoms with Crippen molar-refractivity contribution in [2.24, 2.45) is 5.92 Å². The Morgan fingerprint density at radius 3 is 2.67 bits per heavy atom. The lowest BCUT2D eigenvalue weighted by molar-refractivity contribution is -0.143. The topological polar surface area (TPSA) is 80.9 Å². The number of aliphatic carboxylic acids is 1. The van der Waals surface area contributed by atoms with Crippen LogP contribution in [0.4, 0.5) is 0 Å². The maximum absolute atomic E-state index is 11.5. The molecule has 110 valence electrons. The SMILES string of the molecule is CCC(C)C(C(=O)O)n1nnnc1/C=C/c1ccccc1.